The van der Waals surface area contributed by atoms with Gasteiger partial charge < -0.3 is 9.88 Å². The first kappa shape index (κ1) is 12.9. The van der Waals surface area contributed by atoms with E-state index in [0.29, 0.717) is 0 Å². The highest BCUT2D eigenvalue weighted by Crippen LogP contribution is 2.53. The van der Waals surface area contributed by atoms with Crippen molar-refractivity contribution in [1.82, 2.24) is 14.9 Å². The molecular formula is C17H27N3. The average Bonchev–Trinajstić information content (AvgIpc) is 2.85. The smallest absolute Gasteiger partial charge is 0.122 e. The van der Waals surface area contributed by atoms with Crippen LogP contribution in [-0.2, 0) is 13.1 Å². The fourth-order valence-electron chi connectivity index (χ4n) is 5.42. The summed E-state index contributed by atoms with van der Waals surface area (Å²) in [5.74, 6) is 5.28. The molecule has 3 nitrogen and oxygen atoms in total. The Labute approximate surface area is 122 Å². The maximum atomic E-state index is 4.54. The summed E-state index contributed by atoms with van der Waals surface area (Å²) in [5.41, 5.74) is 0. The number of hydrogen-bond acceptors (Lipinski definition) is 2. The molecule has 3 heteroatoms. The number of aryl methyl sites for hydroxylation is 1. The predicted molar refractivity (Wildman–Crippen MR) is 80.2 cm³/mol. The largest absolute Gasteiger partial charge is 0.334 e. The van der Waals surface area contributed by atoms with Crippen molar-refractivity contribution in [2.45, 2.75) is 64.6 Å². The number of hydrogen-bond donors (Lipinski definition) is 1. The van der Waals surface area contributed by atoms with E-state index >= 15 is 0 Å². The van der Waals surface area contributed by atoms with E-state index in [-0.39, 0.29) is 0 Å². The van der Waals surface area contributed by atoms with E-state index < -0.39 is 0 Å². The molecule has 4 aliphatic rings. The number of nitrogens with zero attached hydrogens (tertiary/aromatic N) is 2. The molecule has 4 fully saturated rings. The quantitative estimate of drug-likeness (QED) is 0.893. The fraction of sp³-hybridized carbons (Fsp3) is 0.824. The van der Waals surface area contributed by atoms with Crippen molar-refractivity contribution in [3.8, 4) is 0 Å². The van der Waals surface area contributed by atoms with Crippen LogP contribution in [-0.4, -0.2) is 15.6 Å². The second kappa shape index (κ2) is 5.18. The highest BCUT2D eigenvalue weighted by Gasteiger charge is 2.47. The van der Waals surface area contributed by atoms with Gasteiger partial charge in [-0.15, -0.1) is 0 Å². The molecule has 1 aromatic rings. The highest BCUT2D eigenvalue weighted by atomic mass is 15.1. The molecule has 0 aromatic carbocycles. The molecule has 4 aliphatic carbocycles. The monoisotopic (exact) mass is 273 g/mol. The van der Waals surface area contributed by atoms with Gasteiger partial charge in [-0.2, -0.15) is 0 Å². The summed E-state index contributed by atoms with van der Waals surface area (Å²) in [6, 6.07) is 0.773. The molecule has 1 N–H and O–H groups in total. The van der Waals surface area contributed by atoms with Crippen LogP contribution in [0.4, 0.5) is 0 Å². The first-order chi connectivity index (χ1) is 9.83. The number of imidazole rings is 1. The van der Waals surface area contributed by atoms with Gasteiger partial charge in [-0.1, -0.05) is 6.92 Å². The van der Waals surface area contributed by atoms with E-state index in [1.165, 1.54) is 37.9 Å². The van der Waals surface area contributed by atoms with Gasteiger partial charge in [0.15, 0.2) is 0 Å². The second-order valence-corrected chi connectivity index (χ2v) is 7.37. The van der Waals surface area contributed by atoms with E-state index in [1.54, 1.807) is 6.42 Å². The van der Waals surface area contributed by atoms with E-state index in [4.69, 9.17) is 0 Å². The van der Waals surface area contributed by atoms with Crippen LogP contribution in [0.2, 0.25) is 0 Å². The van der Waals surface area contributed by atoms with Crippen LogP contribution in [0.5, 0.6) is 0 Å². The minimum absolute atomic E-state index is 0.773. The zero-order valence-electron chi connectivity index (χ0n) is 12.6. The minimum Gasteiger partial charge on any atom is -0.334 e. The Morgan fingerprint density at radius 1 is 1.15 bits per heavy atom. The zero-order valence-corrected chi connectivity index (χ0v) is 12.6. The predicted octanol–water partition coefficient (Wildman–Crippen LogP) is 3.21. The third kappa shape index (κ3) is 2.20. The summed E-state index contributed by atoms with van der Waals surface area (Å²) >= 11 is 0. The molecule has 4 bridgehead atoms. The van der Waals surface area contributed by atoms with Crippen LogP contribution in [0.1, 0.15) is 51.3 Å². The normalized spacial score (nSPS) is 38.5. The Balaban J connectivity index is 1.41. The van der Waals surface area contributed by atoms with E-state index in [0.717, 1.165) is 42.8 Å². The van der Waals surface area contributed by atoms with E-state index in [9.17, 15) is 0 Å². The van der Waals surface area contributed by atoms with Gasteiger partial charge in [0, 0.05) is 25.0 Å². The lowest BCUT2D eigenvalue weighted by Crippen LogP contribution is -2.54. The summed E-state index contributed by atoms with van der Waals surface area (Å²) in [6.07, 6.45) is 12.8. The molecule has 0 radical (unpaired) electrons. The third-order valence-corrected chi connectivity index (χ3v) is 5.99. The van der Waals surface area contributed by atoms with Crippen molar-refractivity contribution in [2.75, 3.05) is 0 Å². The van der Waals surface area contributed by atoms with Crippen LogP contribution < -0.4 is 5.32 Å². The first-order valence-electron chi connectivity index (χ1n) is 8.57. The molecular weight excluding hydrogens is 246 g/mol. The van der Waals surface area contributed by atoms with E-state index in [2.05, 4.69) is 28.0 Å². The number of aromatic nitrogens is 2. The first-order valence-corrected chi connectivity index (χ1v) is 8.57. The van der Waals surface area contributed by atoms with Crippen molar-refractivity contribution >= 4 is 0 Å². The van der Waals surface area contributed by atoms with Crippen molar-refractivity contribution in [3.05, 3.63) is 18.2 Å². The number of rotatable bonds is 5. The Bertz CT molecular complexity index is 437. The standard InChI is InChI=1S/C17H27N3/c1-2-4-20-5-3-18-16(20)11-19-17-14-7-12-6-13(9-14)10-15(17)8-12/h3,5,12-15,17,19H,2,4,6-11H2,1H3. The van der Waals surface area contributed by atoms with Gasteiger partial charge in [-0.25, -0.2) is 4.98 Å². The molecule has 0 unspecified atom stereocenters. The van der Waals surface area contributed by atoms with Crippen LogP contribution in [0.25, 0.3) is 0 Å². The number of nitrogens with one attached hydrogen (secondary N) is 1. The lowest BCUT2D eigenvalue weighted by atomic mass is 9.54. The van der Waals surface area contributed by atoms with Gasteiger partial charge in [-0.05, 0) is 62.2 Å². The third-order valence-electron chi connectivity index (χ3n) is 5.99. The summed E-state index contributed by atoms with van der Waals surface area (Å²) < 4.78 is 2.31. The summed E-state index contributed by atoms with van der Waals surface area (Å²) in [5, 5.41) is 3.88. The molecule has 4 saturated carbocycles. The highest BCUT2D eigenvalue weighted by molar-refractivity contribution is 5.02. The molecule has 1 aromatic heterocycles. The van der Waals surface area contributed by atoms with Gasteiger partial charge in [0.2, 0.25) is 0 Å². The second-order valence-electron chi connectivity index (χ2n) is 7.37. The maximum absolute atomic E-state index is 4.54. The fourth-order valence-corrected chi connectivity index (χ4v) is 5.42. The molecule has 20 heavy (non-hydrogen) atoms. The summed E-state index contributed by atoms with van der Waals surface area (Å²) in [6.45, 7) is 4.29. The van der Waals surface area contributed by atoms with Crippen molar-refractivity contribution in [3.63, 3.8) is 0 Å². The lowest BCUT2D eigenvalue weighted by molar-refractivity contribution is -0.0145. The molecule has 0 aliphatic heterocycles. The molecule has 0 amide bonds. The molecule has 0 spiro atoms. The van der Waals surface area contributed by atoms with Crippen LogP contribution in [0.15, 0.2) is 12.4 Å². The Morgan fingerprint density at radius 2 is 1.85 bits per heavy atom. The van der Waals surface area contributed by atoms with Gasteiger partial charge in [0.1, 0.15) is 5.82 Å². The Hall–Kier alpha value is -0.830. The Morgan fingerprint density at radius 3 is 2.50 bits per heavy atom. The average molecular weight is 273 g/mol. The zero-order chi connectivity index (χ0) is 13.5. The molecule has 110 valence electrons. The molecule has 0 saturated heterocycles. The topological polar surface area (TPSA) is 29.9 Å². The lowest BCUT2D eigenvalue weighted by Gasteiger charge is -2.54. The van der Waals surface area contributed by atoms with Crippen molar-refractivity contribution in [2.24, 2.45) is 23.7 Å². The molecule has 5 rings (SSSR count). The minimum atomic E-state index is 0.773. The summed E-state index contributed by atoms with van der Waals surface area (Å²) in [4.78, 5) is 4.54. The van der Waals surface area contributed by atoms with Gasteiger partial charge in [-0.3, -0.25) is 0 Å². The summed E-state index contributed by atoms with van der Waals surface area (Å²) in [7, 11) is 0. The van der Waals surface area contributed by atoms with Crippen molar-refractivity contribution in [1.29, 1.82) is 0 Å². The SMILES string of the molecule is CCCn1ccnc1CNC1C2CC3CC(C2)CC1C3. The molecule has 0 atom stereocenters. The van der Waals surface area contributed by atoms with Crippen LogP contribution >= 0.6 is 0 Å². The van der Waals surface area contributed by atoms with Crippen LogP contribution in [0.3, 0.4) is 0 Å². The van der Waals surface area contributed by atoms with E-state index in [1.807, 2.05) is 6.20 Å². The van der Waals surface area contributed by atoms with Crippen molar-refractivity contribution < 1.29 is 0 Å². The van der Waals surface area contributed by atoms with Gasteiger partial charge >= 0.3 is 0 Å². The van der Waals surface area contributed by atoms with Gasteiger partial charge in [0.25, 0.3) is 0 Å². The van der Waals surface area contributed by atoms with Gasteiger partial charge in [0.05, 0.1) is 6.54 Å². The molecule has 1 heterocycles. The maximum Gasteiger partial charge on any atom is 0.122 e. The van der Waals surface area contributed by atoms with Crippen LogP contribution in [0, 0.1) is 23.7 Å². The Kier molecular flexibility index (Phi) is 3.33.